The second-order valence-corrected chi connectivity index (χ2v) is 8.59. The van der Waals surface area contributed by atoms with E-state index >= 15 is 0 Å². The predicted octanol–water partition coefficient (Wildman–Crippen LogP) is 3.69. The summed E-state index contributed by atoms with van der Waals surface area (Å²) in [5.74, 6) is -0.302. The van der Waals surface area contributed by atoms with Crippen molar-refractivity contribution in [1.82, 2.24) is 4.31 Å². The van der Waals surface area contributed by atoms with Crippen LogP contribution in [0, 0.1) is 0 Å². The standard InChI is InChI=1S/C19H21ClN2O3S/c1-2-14-5-9-16(10-6-14)21-19(23)18-4-3-13-22(18)26(24,25)17-11-7-15(20)8-12-17/h5-12,18H,2-4,13H2,1H3,(H,21,23). The van der Waals surface area contributed by atoms with Gasteiger partial charge in [0.2, 0.25) is 15.9 Å². The first-order chi connectivity index (χ1) is 12.4. The molecule has 1 aliphatic rings. The molecule has 1 atom stereocenters. The van der Waals surface area contributed by atoms with Crippen LogP contribution in [0.5, 0.6) is 0 Å². The third-order valence-corrected chi connectivity index (χ3v) is 6.73. The fraction of sp³-hybridized carbons (Fsp3) is 0.316. The largest absolute Gasteiger partial charge is 0.325 e. The van der Waals surface area contributed by atoms with Gasteiger partial charge in [-0.05, 0) is 61.2 Å². The lowest BCUT2D eigenvalue weighted by Crippen LogP contribution is -2.43. The van der Waals surface area contributed by atoms with Crippen LogP contribution in [-0.4, -0.2) is 31.2 Å². The number of benzene rings is 2. The van der Waals surface area contributed by atoms with Gasteiger partial charge in [0.15, 0.2) is 0 Å². The zero-order valence-electron chi connectivity index (χ0n) is 14.5. The molecular weight excluding hydrogens is 372 g/mol. The van der Waals surface area contributed by atoms with Crippen molar-refractivity contribution in [2.24, 2.45) is 0 Å². The van der Waals surface area contributed by atoms with Gasteiger partial charge in [-0.25, -0.2) is 8.42 Å². The topological polar surface area (TPSA) is 66.5 Å². The van der Waals surface area contributed by atoms with Gasteiger partial charge >= 0.3 is 0 Å². The van der Waals surface area contributed by atoms with E-state index in [4.69, 9.17) is 11.6 Å². The molecule has 5 nitrogen and oxygen atoms in total. The second-order valence-electron chi connectivity index (χ2n) is 6.27. The van der Waals surface area contributed by atoms with E-state index in [0.29, 0.717) is 30.1 Å². The highest BCUT2D eigenvalue weighted by atomic mass is 35.5. The lowest BCUT2D eigenvalue weighted by atomic mass is 10.1. The number of amides is 1. The number of hydrogen-bond donors (Lipinski definition) is 1. The Morgan fingerprint density at radius 1 is 1.15 bits per heavy atom. The first-order valence-corrected chi connectivity index (χ1v) is 10.4. The highest BCUT2D eigenvalue weighted by Crippen LogP contribution is 2.27. The minimum atomic E-state index is -3.74. The number of rotatable bonds is 5. The SMILES string of the molecule is CCc1ccc(NC(=O)C2CCCN2S(=O)(=O)c2ccc(Cl)cc2)cc1. The maximum Gasteiger partial charge on any atom is 0.243 e. The molecule has 0 aromatic heterocycles. The summed E-state index contributed by atoms with van der Waals surface area (Å²) in [6.45, 7) is 2.39. The number of anilines is 1. The molecule has 1 unspecified atom stereocenters. The molecule has 3 rings (SSSR count). The second kappa shape index (κ2) is 7.78. The van der Waals surface area contributed by atoms with Gasteiger partial charge in [0, 0.05) is 17.3 Å². The first kappa shape index (κ1) is 18.9. The van der Waals surface area contributed by atoms with Crippen molar-refractivity contribution in [2.45, 2.75) is 37.1 Å². The Kier molecular flexibility index (Phi) is 5.65. The van der Waals surface area contributed by atoms with Crippen LogP contribution >= 0.6 is 11.6 Å². The molecule has 1 aliphatic heterocycles. The molecule has 0 spiro atoms. The zero-order chi connectivity index (χ0) is 18.7. The maximum absolute atomic E-state index is 12.9. The van der Waals surface area contributed by atoms with Gasteiger partial charge in [0.05, 0.1) is 4.90 Å². The fourth-order valence-electron chi connectivity index (χ4n) is 3.08. The summed E-state index contributed by atoms with van der Waals surface area (Å²) >= 11 is 5.84. The molecule has 2 aromatic rings. The van der Waals surface area contributed by atoms with Gasteiger partial charge in [-0.1, -0.05) is 30.7 Å². The molecular formula is C19H21ClN2O3S. The highest BCUT2D eigenvalue weighted by molar-refractivity contribution is 7.89. The Morgan fingerprint density at radius 2 is 1.81 bits per heavy atom. The van der Waals surface area contributed by atoms with Crippen LogP contribution in [0.1, 0.15) is 25.3 Å². The molecule has 7 heteroatoms. The number of aryl methyl sites for hydroxylation is 1. The highest BCUT2D eigenvalue weighted by Gasteiger charge is 2.39. The third kappa shape index (κ3) is 3.92. The summed E-state index contributed by atoms with van der Waals surface area (Å²) in [7, 11) is -3.74. The summed E-state index contributed by atoms with van der Waals surface area (Å²) in [5, 5.41) is 3.30. The Morgan fingerprint density at radius 3 is 2.42 bits per heavy atom. The van der Waals surface area contributed by atoms with Crippen molar-refractivity contribution in [3.8, 4) is 0 Å². The van der Waals surface area contributed by atoms with E-state index in [1.807, 2.05) is 24.3 Å². The molecule has 0 aliphatic carbocycles. The smallest absolute Gasteiger partial charge is 0.243 e. The number of carbonyl (C=O) groups is 1. The lowest BCUT2D eigenvalue weighted by Gasteiger charge is -2.23. The molecule has 2 aromatic carbocycles. The van der Waals surface area contributed by atoms with Crippen LogP contribution in [0.3, 0.4) is 0 Å². The van der Waals surface area contributed by atoms with E-state index in [2.05, 4.69) is 12.2 Å². The van der Waals surface area contributed by atoms with Crippen molar-refractivity contribution in [3.63, 3.8) is 0 Å². The summed E-state index contributed by atoms with van der Waals surface area (Å²) in [5.41, 5.74) is 1.85. The van der Waals surface area contributed by atoms with Crippen LogP contribution in [0.15, 0.2) is 53.4 Å². The van der Waals surface area contributed by atoms with Crippen molar-refractivity contribution >= 4 is 33.2 Å². The van der Waals surface area contributed by atoms with Crippen LogP contribution in [-0.2, 0) is 21.2 Å². The molecule has 0 radical (unpaired) electrons. The molecule has 1 heterocycles. The van der Waals surface area contributed by atoms with Gasteiger partial charge in [-0.3, -0.25) is 4.79 Å². The van der Waals surface area contributed by atoms with E-state index in [0.717, 1.165) is 6.42 Å². The van der Waals surface area contributed by atoms with Crippen LogP contribution in [0.2, 0.25) is 5.02 Å². The van der Waals surface area contributed by atoms with Crippen molar-refractivity contribution in [3.05, 3.63) is 59.1 Å². The van der Waals surface area contributed by atoms with Gasteiger partial charge < -0.3 is 5.32 Å². The summed E-state index contributed by atoms with van der Waals surface area (Å²) in [4.78, 5) is 12.8. The first-order valence-electron chi connectivity index (χ1n) is 8.59. The monoisotopic (exact) mass is 392 g/mol. The van der Waals surface area contributed by atoms with Crippen molar-refractivity contribution in [1.29, 1.82) is 0 Å². The predicted molar refractivity (Wildman–Crippen MR) is 103 cm³/mol. The Labute approximate surface area is 159 Å². The Bertz CT molecular complexity index is 880. The number of carbonyl (C=O) groups excluding carboxylic acids is 1. The summed E-state index contributed by atoms with van der Waals surface area (Å²) in [6.07, 6.45) is 2.08. The molecule has 1 fully saturated rings. The number of hydrogen-bond acceptors (Lipinski definition) is 3. The van der Waals surface area contributed by atoms with Crippen molar-refractivity contribution < 1.29 is 13.2 Å². The Hall–Kier alpha value is -1.89. The molecule has 1 amide bonds. The number of sulfonamides is 1. The number of halogens is 1. The zero-order valence-corrected chi connectivity index (χ0v) is 16.1. The fourth-order valence-corrected chi connectivity index (χ4v) is 4.86. The van der Waals surface area contributed by atoms with E-state index in [1.54, 1.807) is 0 Å². The minimum absolute atomic E-state index is 0.147. The van der Waals surface area contributed by atoms with Gasteiger partial charge in [0.25, 0.3) is 0 Å². The molecule has 1 saturated heterocycles. The van der Waals surface area contributed by atoms with Crippen LogP contribution in [0.4, 0.5) is 5.69 Å². The van der Waals surface area contributed by atoms with E-state index in [-0.39, 0.29) is 10.8 Å². The van der Waals surface area contributed by atoms with Crippen LogP contribution < -0.4 is 5.32 Å². The molecule has 0 saturated carbocycles. The summed E-state index contributed by atoms with van der Waals surface area (Å²) < 4.78 is 27.1. The minimum Gasteiger partial charge on any atom is -0.325 e. The van der Waals surface area contributed by atoms with E-state index in [1.165, 1.54) is 34.1 Å². The number of nitrogens with zero attached hydrogens (tertiary/aromatic N) is 1. The Balaban J connectivity index is 1.78. The van der Waals surface area contributed by atoms with E-state index < -0.39 is 16.1 Å². The van der Waals surface area contributed by atoms with Gasteiger partial charge in [-0.15, -0.1) is 0 Å². The molecule has 138 valence electrons. The number of nitrogens with one attached hydrogen (secondary N) is 1. The molecule has 1 N–H and O–H groups in total. The summed E-state index contributed by atoms with van der Waals surface area (Å²) in [6, 6.07) is 12.9. The quantitative estimate of drug-likeness (QED) is 0.843. The molecule has 0 bridgehead atoms. The van der Waals surface area contributed by atoms with Crippen molar-refractivity contribution in [2.75, 3.05) is 11.9 Å². The van der Waals surface area contributed by atoms with Gasteiger partial charge in [-0.2, -0.15) is 4.31 Å². The van der Waals surface area contributed by atoms with Crippen LogP contribution in [0.25, 0.3) is 0 Å². The average molecular weight is 393 g/mol. The third-order valence-electron chi connectivity index (χ3n) is 4.56. The lowest BCUT2D eigenvalue weighted by molar-refractivity contribution is -0.119. The van der Waals surface area contributed by atoms with E-state index in [9.17, 15) is 13.2 Å². The average Bonchev–Trinajstić information content (AvgIpc) is 3.13. The maximum atomic E-state index is 12.9. The normalized spacial score (nSPS) is 18.0. The molecule has 26 heavy (non-hydrogen) atoms. The van der Waals surface area contributed by atoms with Gasteiger partial charge in [0.1, 0.15) is 6.04 Å².